The average Bonchev–Trinajstić information content (AvgIpc) is 2.56. The number of hydrogen-bond acceptors (Lipinski definition) is 2. The van der Waals surface area contributed by atoms with Crippen LogP contribution in [0.4, 0.5) is 0 Å². The minimum absolute atomic E-state index is 0.0327. The van der Waals surface area contributed by atoms with Gasteiger partial charge in [-0.3, -0.25) is 4.79 Å². The van der Waals surface area contributed by atoms with Crippen molar-refractivity contribution in [1.82, 2.24) is 10.2 Å². The molecule has 1 amide bonds. The monoisotopic (exact) mass is 240 g/mol. The molecule has 0 spiro atoms. The van der Waals surface area contributed by atoms with Crippen LogP contribution in [0.3, 0.4) is 0 Å². The van der Waals surface area contributed by atoms with Crippen molar-refractivity contribution in [3.63, 3.8) is 0 Å². The summed E-state index contributed by atoms with van der Waals surface area (Å²) in [7, 11) is 0. The summed E-state index contributed by atoms with van der Waals surface area (Å²) in [6.45, 7) is 8.24. The van der Waals surface area contributed by atoms with Gasteiger partial charge < -0.3 is 10.2 Å². The van der Waals surface area contributed by atoms with Crippen LogP contribution in [0.2, 0.25) is 0 Å². The van der Waals surface area contributed by atoms with E-state index in [1.165, 1.54) is 32.1 Å². The topological polar surface area (TPSA) is 32.3 Å². The van der Waals surface area contributed by atoms with E-state index in [4.69, 9.17) is 0 Å². The molecule has 1 N–H and O–H groups in total. The highest BCUT2D eigenvalue weighted by Gasteiger charge is 2.21. The fourth-order valence-electron chi connectivity index (χ4n) is 2.58. The average molecular weight is 240 g/mol. The van der Waals surface area contributed by atoms with Crippen molar-refractivity contribution in [2.24, 2.45) is 0 Å². The maximum atomic E-state index is 12.3. The van der Waals surface area contributed by atoms with E-state index in [1.54, 1.807) is 0 Å². The largest absolute Gasteiger partial charge is 0.341 e. The summed E-state index contributed by atoms with van der Waals surface area (Å²) in [5.41, 5.74) is 0. The van der Waals surface area contributed by atoms with Crippen molar-refractivity contribution >= 4 is 5.91 Å². The van der Waals surface area contributed by atoms with Crippen molar-refractivity contribution in [1.29, 1.82) is 0 Å². The lowest BCUT2D eigenvalue weighted by molar-refractivity contribution is -0.133. The molecule has 1 saturated heterocycles. The molecule has 0 aromatic heterocycles. The van der Waals surface area contributed by atoms with E-state index < -0.39 is 0 Å². The van der Waals surface area contributed by atoms with Gasteiger partial charge in [0.15, 0.2) is 0 Å². The maximum Gasteiger partial charge on any atom is 0.239 e. The lowest BCUT2D eigenvalue weighted by atomic mass is 10.1. The lowest BCUT2D eigenvalue weighted by Gasteiger charge is -2.26. The minimum atomic E-state index is -0.0327. The summed E-state index contributed by atoms with van der Waals surface area (Å²) in [5, 5.41) is 3.41. The molecular formula is C14H28N2O. The summed E-state index contributed by atoms with van der Waals surface area (Å²) >= 11 is 0. The summed E-state index contributed by atoms with van der Waals surface area (Å²) in [4.78, 5) is 14.3. The molecule has 1 heterocycles. The molecule has 0 saturated carbocycles. The number of nitrogens with zero attached hydrogens (tertiary/aromatic N) is 1. The second-order valence-electron chi connectivity index (χ2n) is 5.32. The Morgan fingerprint density at radius 3 is 2.29 bits per heavy atom. The minimum Gasteiger partial charge on any atom is -0.341 e. The molecule has 0 radical (unpaired) electrons. The molecule has 1 aliphatic rings. The van der Waals surface area contributed by atoms with Crippen LogP contribution < -0.4 is 5.32 Å². The van der Waals surface area contributed by atoms with Crippen molar-refractivity contribution in [2.45, 2.75) is 71.4 Å². The molecule has 1 aliphatic heterocycles. The third-order valence-corrected chi connectivity index (χ3v) is 3.54. The number of rotatable bonds is 5. The van der Waals surface area contributed by atoms with E-state index in [9.17, 15) is 4.79 Å². The predicted molar refractivity (Wildman–Crippen MR) is 72.0 cm³/mol. The second kappa shape index (κ2) is 7.70. The molecule has 1 fully saturated rings. The molecule has 1 rings (SSSR count). The molecule has 3 nitrogen and oxygen atoms in total. The summed E-state index contributed by atoms with van der Waals surface area (Å²) in [6, 6.07) is 0.403. The number of carbonyl (C=O) groups excluding carboxylic acids is 1. The standard InChI is InChI=1S/C14H28N2O/c1-4-9-12(2)15-13(3)14(17)16-10-7-5-6-8-11-16/h12-13,15H,4-11H2,1-3H3. The number of nitrogens with one attached hydrogen (secondary N) is 1. The number of hydrogen-bond donors (Lipinski definition) is 1. The number of carbonyl (C=O) groups is 1. The second-order valence-corrected chi connectivity index (χ2v) is 5.32. The molecule has 0 bridgehead atoms. The Balaban J connectivity index is 2.38. The van der Waals surface area contributed by atoms with Crippen LogP contribution in [0.5, 0.6) is 0 Å². The van der Waals surface area contributed by atoms with E-state index in [-0.39, 0.29) is 11.9 Å². The van der Waals surface area contributed by atoms with E-state index in [0.29, 0.717) is 6.04 Å². The highest BCUT2D eigenvalue weighted by molar-refractivity contribution is 5.81. The normalized spacial score (nSPS) is 20.8. The lowest BCUT2D eigenvalue weighted by Crippen LogP contribution is -2.47. The zero-order chi connectivity index (χ0) is 12.7. The zero-order valence-corrected chi connectivity index (χ0v) is 11.7. The first-order valence-electron chi connectivity index (χ1n) is 7.20. The third-order valence-electron chi connectivity index (χ3n) is 3.54. The van der Waals surface area contributed by atoms with Crippen LogP contribution in [-0.2, 0) is 4.79 Å². The Bertz CT molecular complexity index is 222. The van der Waals surface area contributed by atoms with Gasteiger partial charge in [-0.05, 0) is 33.1 Å². The van der Waals surface area contributed by atoms with Crippen molar-refractivity contribution in [3.05, 3.63) is 0 Å². The predicted octanol–water partition coefficient (Wildman–Crippen LogP) is 2.56. The van der Waals surface area contributed by atoms with Gasteiger partial charge in [-0.1, -0.05) is 26.2 Å². The van der Waals surface area contributed by atoms with Gasteiger partial charge in [0.25, 0.3) is 0 Å². The van der Waals surface area contributed by atoms with Gasteiger partial charge in [0.1, 0.15) is 0 Å². The molecule has 100 valence electrons. The third kappa shape index (κ3) is 5.07. The van der Waals surface area contributed by atoms with Crippen molar-refractivity contribution < 1.29 is 4.79 Å². The molecule has 0 aromatic carbocycles. The molecule has 0 aliphatic carbocycles. The van der Waals surface area contributed by atoms with Crippen LogP contribution in [0, 0.1) is 0 Å². The highest BCUT2D eigenvalue weighted by Crippen LogP contribution is 2.11. The summed E-state index contributed by atoms with van der Waals surface area (Å²) < 4.78 is 0. The van der Waals surface area contributed by atoms with Gasteiger partial charge in [-0.2, -0.15) is 0 Å². The van der Waals surface area contributed by atoms with Crippen molar-refractivity contribution in [2.75, 3.05) is 13.1 Å². The number of amides is 1. The van der Waals surface area contributed by atoms with E-state index >= 15 is 0 Å². The first kappa shape index (κ1) is 14.5. The zero-order valence-electron chi connectivity index (χ0n) is 11.7. The molecule has 2 unspecified atom stereocenters. The highest BCUT2D eigenvalue weighted by atomic mass is 16.2. The number of likely N-dealkylation sites (tertiary alicyclic amines) is 1. The molecule has 0 aromatic rings. The fourth-order valence-corrected chi connectivity index (χ4v) is 2.58. The van der Waals surface area contributed by atoms with Gasteiger partial charge >= 0.3 is 0 Å². The summed E-state index contributed by atoms with van der Waals surface area (Å²) in [6.07, 6.45) is 7.19. The quantitative estimate of drug-likeness (QED) is 0.801. The molecule has 2 atom stereocenters. The Morgan fingerprint density at radius 2 is 1.76 bits per heavy atom. The first-order valence-corrected chi connectivity index (χ1v) is 7.20. The van der Waals surface area contributed by atoms with Gasteiger partial charge in [0, 0.05) is 19.1 Å². The Morgan fingerprint density at radius 1 is 1.18 bits per heavy atom. The van der Waals surface area contributed by atoms with Crippen molar-refractivity contribution in [3.8, 4) is 0 Å². The van der Waals surface area contributed by atoms with Crippen LogP contribution in [0.15, 0.2) is 0 Å². The molecule has 17 heavy (non-hydrogen) atoms. The Hall–Kier alpha value is -0.570. The Labute approximate surface area is 106 Å². The van der Waals surface area contributed by atoms with Gasteiger partial charge in [0.05, 0.1) is 6.04 Å². The van der Waals surface area contributed by atoms with Crippen LogP contribution in [0.25, 0.3) is 0 Å². The smallest absolute Gasteiger partial charge is 0.239 e. The van der Waals surface area contributed by atoms with Crippen LogP contribution in [0.1, 0.15) is 59.3 Å². The van der Waals surface area contributed by atoms with E-state index in [0.717, 1.165) is 19.5 Å². The summed E-state index contributed by atoms with van der Waals surface area (Å²) in [5.74, 6) is 0.287. The van der Waals surface area contributed by atoms with Crippen LogP contribution >= 0.6 is 0 Å². The van der Waals surface area contributed by atoms with E-state index in [2.05, 4.69) is 19.2 Å². The molecular weight excluding hydrogens is 212 g/mol. The first-order chi connectivity index (χ1) is 8.15. The van der Waals surface area contributed by atoms with Crippen LogP contribution in [-0.4, -0.2) is 36.0 Å². The van der Waals surface area contributed by atoms with Gasteiger partial charge in [-0.15, -0.1) is 0 Å². The Kier molecular flexibility index (Phi) is 6.56. The molecule has 3 heteroatoms. The van der Waals surface area contributed by atoms with E-state index in [1.807, 2.05) is 11.8 Å². The maximum absolute atomic E-state index is 12.3. The fraction of sp³-hybridized carbons (Fsp3) is 0.929. The van der Waals surface area contributed by atoms with Gasteiger partial charge in [-0.25, -0.2) is 0 Å². The van der Waals surface area contributed by atoms with Gasteiger partial charge in [0.2, 0.25) is 5.91 Å². The SMILES string of the molecule is CCCC(C)NC(C)C(=O)N1CCCCCC1.